The van der Waals surface area contributed by atoms with Crippen LogP contribution in [-0.2, 0) is 4.74 Å². The smallest absolute Gasteiger partial charge is 0.321 e. The Kier molecular flexibility index (Phi) is 6.71. The van der Waals surface area contributed by atoms with Crippen LogP contribution >= 0.6 is 0 Å². The summed E-state index contributed by atoms with van der Waals surface area (Å²) in [4.78, 5) is 14.4. The highest BCUT2D eigenvalue weighted by Crippen LogP contribution is 2.24. The van der Waals surface area contributed by atoms with E-state index in [4.69, 9.17) is 9.47 Å². The van der Waals surface area contributed by atoms with Crippen LogP contribution in [0.3, 0.4) is 0 Å². The fraction of sp³-hybridized carbons (Fsp3) is 0.611. The largest absolute Gasteiger partial charge is 0.496 e. The summed E-state index contributed by atoms with van der Waals surface area (Å²) in [6.45, 7) is 4.44. The summed E-state index contributed by atoms with van der Waals surface area (Å²) < 4.78 is 10.4. The van der Waals surface area contributed by atoms with E-state index >= 15 is 0 Å². The van der Waals surface area contributed by atoms with Gasteiger partial charge in [-0.3, -0.25) is 0 Å². The summed E-state index contributed by atoms with van der Waals surface area (Å²) in [6, 6.07) is 5.72. The van der Waals surface area contributed by atoms with Crippen molar-refractivity contribution in [1.82, 2.24) is 4.90 Å². The van der Waals surface area contributed by atoms with Gasteiger partial charge in [0.2, 0.25) is 0 Å². The van der Waals surface area contributed by atoms with Crippen molar-refractivity contribution in [2.45, 2.75) is 32.6 Å². The Morgan fingerprint density at radius 1 is 1.39 bits per heavy atom. The highest BCUT2D eigenvalue weighted by molar-refractivity contribution is 5.89. The number of likely N-dealkylation sites (tertiary alicyclic amines) is 1. The first-order valence-electron chi connectivity index (χ1n) is 8.33. The lowest BCUT2D eigenvalue weighted by atomic mass is 9.94. The van der Waals surface area contributed by atoms with E-state index in [2.05, 4.69) is 5.32 Å². The topological polar surface area (TPSA) is 50.8 Å². The molecule has 1 saturated heterocycles. The number of amides is 2. The van der Waals surface area contributed by atoms with E-state index in [9.17, 15) is 4.79 Å². The number of carbonyl (C=O) groups excluding carboxylic acids is 1. The van der Waals surface area contributed by atoms with Gasteiger partial charge in [-0.1, -0.05) is 6.07 Å². The van der Waals surface area contributed by atoms with Gasteiger partial charge in [0.25, 0.3) is 0 Å². The molecule has 1 fully saturated rings. The molecule has 5 nitrogen and oxygen atoms in total. The van der Waals surface area contributed by atoms with Crippen molar-refractivity contribution in [2.75, 3.05) is 39.2 Å². The predicted octanol–water partition coefficient (Wildman–Crippen LogP) is 3.67. The number of hydrogen-bond acceptors (Lipinski definition) is 3. The highest BCUT2D eigenvalue weighted by atomic mass is 16.5. The van der Waals surface area contributed by atoms with Crippen LogP contribution < -0.4 is 10.1 Å². The van der Waals surface area contributed by atoms with E-state index in [1.165, 1.54) is 6.42 Å². The second-order valence-electron chi connectivity index (χ2n) is 6.20. The molecule has 2 amide bonds. The standard InChI is InChI=1S/C18H28N2O3/c1-14-8-9-16(12-17(14)23-3)19-18(21)20-10-4-6-15(13-20)7-5-11-22-2/h8-9,12,15H,4-7,10-11,13H2,1-3H3,(H,19,21). The predicted molar refractivity (Wildman–Crippen MR) is 92.2 cm³/mol. The van der Waals surface area contributed by atoms with E-state index < -0.39 is 0 Å². The number of urea groups is 1. The number of rotatable bonds is 6. The Bertz CT molecular complexity index is 519. The zero-order valence-electron chi connectivity index (χ0n) is 14.4. The molecule has 0 saturated carbocycles. The van der Waals surface area contributed by atoms with Crippen molar-refractivity contribution in [3.63, 3.8) is 0 Å². The van der Waals surface area contributed by atoms with Crippen molar-refractivity contribution < 1.29 is 14.3 Å². The molecule has 128 valence electrons. The molecule has 1 aliphatic heterocycles. The van der Waals surface area contributed by atoms with Gasteiger partial charge in [0, 0.05) is 38.6 Å². The molecule has 1 heterocycles. The molecule has 1 atom stereocenters. The van der Waals surface area contributed by atoms with Crippen LogP contribution in [0.15, 0.2) is 18.2 Å². The first kappa shape index (κ1) is 17.6. The van der Waals surface area contributed by atoms with Crippen LogP contribution in [0.25, 0.3) is 0 Å². The molecule has 0 aliphatic carbocycles. The van der Waals surface area contributed by atoms with Gasteiger partial charge in [-0.15, -0.1) is 0 Å². The molecular weight excluding hydrogens is 292 g/mol. The lowest BCUT2D eigenvalue weighted by Crippen LogP contribution is -2.42. The quantitative estimate of drug-likeness (QED) is 0.814. The average molecular weight is 320 g/mol. The van der Waals surface area contributed by atoms with Crippen molar-refractivity contribution in [2.24, 2.45) is 5.92 Å². The van der Waals surface area contributed by atoms with Crippen LogP contribution in [0.2, 0.25) is 0 Å². The van der Waals surface area contributed by atoms with Gasteiger partial charge in [0.05, 0.1) is 7.11 Å². The summed E-state index contributed by atoms with van der Waals surface area (Å²) in [5.41, 5.74) is 1.83. The third-order valence-corrected chi connectivity index (χ3v) is 4.43. The average Bonchev–Trinajstić information content (AvgIpc) is 2.57. The Morgan fingerprint density at radius 2 is 2.22 bits per heavy atom. The van der Waals surface area contributed by atoms with E-state index in [1.54, 1.807) is 14.2 Å². The number of hydrogen-bond donors (Lipinski definition) is 1. The number of nitrogens with zero attached hydrogens (tertiary/aromatic N) is 1. The van der Waals surface area contributed by atoms with Crippen molar-refractivity contribution in [3.05, 3.63) is 23.8 Å². The lowest BCUT2D eigenvalue weighted by Gasteiger charge is -2.32. The van der Waals surface area contributed by atoms with Crippen LogP contribution in [0.5, 0.6) is 5.75 Å². The first-order chi connectivity index (χ1) is 11.1. The molecule has 1 aliphatic rings. The molecule has 1 unspecified atom stereocenters. The van der Waals surface area contributed by atoms with Gasteiger partial charge < -0.3 is 19.7 Å². The SMILES string of the molecule is COCCCC1CCCN(C(=O)Nc2ccc(C)c(OC)c2)C1. The molecule has 1 N–H and O–H groups in total. The number of anilines is 1. The summed E-state index contributed by atoms with van der Waals surface area (Å²) in [7, 11) is 3.37. The molecule has 2 rings (SSSR count). The van der Waals surface area contributed by atoms with Crippen LogP contribution in [0.1, 0.15) is 31.2 Å². The monoisotopic (exact) mass is 320 g/mol. The number of aryl methyl sites for hydroxylation is 1. The Labute approximate surface area is 139 Å². The summed E-state index contributed by atoms with van der Waals surface area (Å²) in [6.07, 6.45) is 4.45. The molecule has 23 heavy (non-hydrogen) atoms. The van der Waals surface area contributed by atoms with Gasteiger partial charge in [0.15, 0.2) is 0 Å². The van der Waals surface area contributed by atoms with Gasteiger partial charge in [-0.25, -0.2) is 4.79 Å². The number of methoxy groups -OCH3 is 2. The summed E-state index contributed by atoms with van der Waals surface area (Å²) >= 11 is 0. The number of benzene rings is 1. The van der Waals surface area contributed by atoms with E-state index in [0.717, 1.165) is 56.0 Å². The maximum atomic E-state index is 12.5. The zero-order valence-corrected chi connectivity index (χ0v) is 14.4. The molecule has 5 heteroatoms. The highest BCUT2D eigenvalue weighted by Gasteiger charge is 2.23. The normalized spacial score (nSPS) is 17.9. The number of piperidine rings is 1. The molecule has 0 spiro atoms. The molecule has 0 aromatic heterocycles. The minimum absolute atomic E-state index is 0.0210. The second kappa shape index (κ2) is 8.77. The zero-order chi connectivity index (χ0) is 16.7. The van der Waals surface area contributed by atoms with Crippen molar-refractivity contribution >= 4 is 11.7 Å². The molecule has 0 bridgehead atoms. The van der Waals surface area contributed by atoms with Gasteiger partial charge >= 0.3 is 6.03 Å². The molecular formula is C18H28N2O3. The first-order valence-corrected chi connectivity index (χ1v) is 8.33. The van der Waals surface area contributed by atoms with Crippen LogP contribution in [-0.4, -0.2) is 44.8 Å². The van der Waals surface area contributed by atoms with Gasteiger partial charge in [-0.2, -0.15) is 0 Å². The van der Waals surface area contributed by atoms with Crippen molar-refractivity contribution in [3.8, 4) is 5.75 Å². The maximum Gasteiger partial charge on any atom is 0.321 e. The second-order valence-corrected chi connectivity index (χ2v) is 6.20. The molecule has 0 radical (unpaired) electrons. The Morgan fingerprint density at radius 3 is 2.96 bits per heavy atom. The van der Waals surface area contributed by atoms with E-state index in [1.807, 2.05) is 30.0 Å². The lowest BCUT2D eigenvalue weighted by molar-refractivity contribution is 0.156. The Balaban J connectivity index is 1.89. The number of carbonyl (C=O) groups is 1. The summed E-state index contributed by atoms with van der Waals surface area (Å²) in [5, 5.41) is 2.98. The maximum absolute atomic E-state index is 12.5. The van der Waals surface area contributed by atoms with E-state index in [0.29, 0.717) is 5.92 Å². The number of nitrogens with one attached hydrogen (secondary N) is 1. The van der Waals surface area contributed by atoms with E-state index in [-0.39, 0.29) is 6.03 Å². The minimum Gasteiger partial charge on any atom is -0.496 e. The Hall–Kier alpha value is -1.75. The van der Waals surface area contributed by atoms with Crippen LogP contribution in [0.4, 0.5) is 10.5 Å². The molecule has 1 aromatic rings. The number of ether oxygens (including phenoxy) is 2. The fourth-order valence-corrected chi connectivity index (χ4v) is 3.10. The van der Waals surface area contributed by atoms with Gasteiger partial charge in [-0.05, 0) is 50.2 Å². The summed E-state index contributed by atoms with van der Waals surface area (Å²) in [5.74, 6) is 1.37. The molecule has 1 aromatic carbocycles. The third-order valence-electron chi connectivity index (χ3n) is 4.43. The fourth-order valence-electron chi connectivity index (χ4n) is 3.10. The third kappa shape index (κ3) is 5.13. The minimum atomic E-state index is -0.0210. The van der Waals surface area contributed by atoms with Crippen LogP contribution in [0, 0.1) is 12.8 Å². The van der Waals surface area contributed by atoms with Gasteiger partial charge in [0.1, 0.15) is 5.75 Å². The van der Waals surface area contributed by atoms with Crippen molar-refractivity contribution in [1.29, 1.82) is 0 Å².